The molecule has 1 saturated heterocycles. The van der Waals surface area contributed by atoms with Crippen molar-refractivity contribution in [3.63, 3.8) is 0 Å². The van der Waals surface area contributed by atoms with E-state index >= 15 is 0 Å². The summed E-state index contributed by atoms with van der Waals surface area (Å²) in [6.07, 6.45) is 1.43. The SMILES string of the molecule is CC(=O)N1c2ccccc2C[C@H]1C(=O)NCCCN1CCN(c2ccc(F)cc2)CC1. The number of amides is 2. The van der Waals surface area contributed by atoms with Gasteiger partial charge in [-0.1, -0.05) is 18.2 Å². The van der Waals surface area contributed by atoms with Crippen molar-refractivity contribution in [1.82, 2.24) is 10.2 Å². The molecule has 2 aliphatic heterocycles. The average molecular weight is 425 g/mol. The Morgan fingerprint density at radius 1 is 1.03 bits per heavy atom. The van der Waals surface area contributed by atoms with E-state index in [0.29, 0.717) is 13.0 Å². The van der Waals surface area contributed by atoms with Gasteiger partial charge in [-0.15, -0.1) is 0 Å². The lowest BCUT2D eigenvalue weighted by molar-refractivity contribution is -0.125. The maximum Gasteiger partial charge on any atom is 0.243 e. The zero-order valence-corrected chi connectivity index (χ0v) is 17.9. The molecular formula is C24H29FN4O2. The number of benzene rings is 2. The third-order valence-corrected chi connectivity index (χ3v) is 6.13. The second-order valence-corrected chi connectivity index (χ2v) is 8.19. The quantitative estimate of drug-likeness (QED) is 0.724. The lowest BCUT2D eigenvalue weighted by Crippen LogP contribution is -2.48. The van der Waals surface area contributed by atoms with E-state index in [9.17, 15) is 14.0 Å². The Bertz CT molecular complexity index is 925. The number of para-hydroxylation sites is 1. The van der Waals surface area contributed by atoms with Crippen molar-refractivity contribution in [1.29, 1.82) is 0 Å². The summed E-state index contributed by atoms with van der Waals surface area (Å²) in [5.41, 5.74) is 2.94. The van der Waals surface area contributed by atoms with Crippen LogP contribution >= 0.6 is 0 Å². The summed E-state index contributed by atoms with van der Waals surface area (Å²) in [6, 6.07) is 13.9. The van der Waals surface area contributed by atoms with Crippen LogP contribution in [0.1, 0.15) is 18.9 Å². The van der Waals surface area contributed by atoms with Crippen molar-refractivity contribution in [3.05, 3.63) is 59.9 Å². The monoisotopic (exact) mass is 424 g/mol. The number of carbonyl (C=O) groups excluding carboxylic acids is 2. The van der Waals surface area contributed by atoms with Gasteiger partial charge in [-0.2, -0.15) is 0 Å². The molecule has 2 aliphatic rings. The summed E-state index contributed by atoms with van der Waals surface area (Å²) in [4.78, 5) is 31.1. The standard InChI is InChI=1S/C24H29FN4O2/c1-18(30)29-22-6-3-2-5-19(22)17-23(29)24(31)26-11-4-12-27-13-15-28(16-14-27)21-9-7-20(25)8-10-21/h2-3,5-10,23H,4,11-17H2,1H3,(H,26,31)/t23-/m0/s1. The fourth-order valence-corrected chi connectivity index (χ4v) is 4.50. The number of halogens is 1. The first kappa shape index (κ1) is 21.3. The van der Waals surface area contributed by atoms with Crippen molar-refractivity contribution >= 4 is 23.2 Å². The van der Waals surface area contributed by atoms with E-state index in [-0.39, 0.29) is 17.6 Å². The summed E-state index contributed by atoms with van der Waals surface area (Å²) >= 11 is 0. The minimum Gasteiger partial charge on any atom is -0.369 e. The minimum atomic E-state index is -0.464. The first-order chi connectivity index (χ1) is 15.0. The molecule has 1 fully saturated rings. The van der Waals surface area contributed by atoms with Crippen molar-refractivity contribution in [2.45, 2.75) is 25.8 Å². The molecule has 2 aromatic carbocycles. The number of piperazine rings is 1. The van der Waals surface area contributed by atoms with E-state index in [4.69, 9.17) is 0 Å². The smallest absolute Gasteiger partial charge is 0.243 e. The highest BCUT2D eigenvalue weighted by Crippen LogP contribution is 2.32. The number of nitrogens with zero attached hydrogens (tertiary/aromatic N) is 3. The summed E-state index contributed by atoms with van der Waals surface area (Å²) in [7, 11) is 0. The number of hydrogen-bond donors (Lipinski definition) is 1. The van der Waals surface area contributed by atoms with E-state index in [1.54, 1.807) is 4.90 Å². The Morgan fingerprint density at radius 2 is 1.74 bits per heavy atom. The van der Waals surface area contributed by atoms with Gasteiger partial charge >= 0.3 is 0 Å². The molecule has 164 valence electrons. The van der Waals surface area contributed by atoms with Gasteiger partial charge in [0.2, 0.25) is 11.8 Å². The largest absolute Gasteiger partial charge is 0.369 e. The van der Waals surface area contributed by atoms with Crippen LogP contribution < -0.4 is 15.1 Å². The van der Waals surface area contributed by atoms with E-state index in [0.717, 1.165) is 56.1 Å². The van der Waals surface area contributed by atoms with Crippen LogP contribution in [0.2, 0.25) is 0 Å². The van der Waals surface area contributed by atoms with Crippen LogP contribution in [0.3, 0.4) is 0 Å². The van der Waals surface area contributed by atoms with Crippen LogP contribution in [0.4, 0.5) is 15.8 Å². The van der Waals surface area contributed by atoms with Crippen molar-refractivity contribution < 1.29 is 14.0 Å². The van der Waals surface area contributed by atoms with Gasteiger partial charge in [-0.3, -0.25) is 19.4 Å². The molecule has 31 heavy (non-hydrogen) atoms. The number of carbonyl (C=O) groups is 2. The second-order valence-electron chi connectivity index (χ2n) is 8.19. The van der Waals surface area contributed by atoms with Crippen LogP contribution in [-0.2, 0) is 16.0 Å². The molecular weight excluding hydrogens is 395 g/mol. The first-order valence-electron chi connectivity index (χ1n) is 10.9. The number of hydrogen-bond acceptors (Lipinski definition) is 4. The normalized spacial score (nSPS) is 18.7. The van der Waals surface area contributed by atoms with E-state index in [2.05, 4.69) is 15.1 Å². The molecule has 1 N–H and O–H groups in total. The predicted molar refractivity (Wildman–Crippen MR) is 120 cm³/mol. The van der Waals surface area contributed by atoms with Crippen molar-refractivity contribution in [2.75, 3.05) is 49.1 Å². The van der Waals surface area contributed by atoms with Gasteiger partial charge < -0.3 is 10.2 Å². The Labute approximate surface area is 182 Å². The number of anilines is 2. The molecule has 0 bridgehead atoms. The fraction of sp³-hybridized carbons (Fsp3) is 0.417. The number of nitrogens with one attached hydrogen (secondary N) is 1. The molecule has 0 aromatic heterocycles. The highest BCUT2D eigenvalue weighted by molar-refractivity contribution is 6.02. The zero-order chi connectivity index (χ0) is 21.8. The Morgan fingerprint density at radius 3 is 2.45 bits per heavy atom. The van der Waals surface area contributed by atoms with Crippen LogP contribution in [0.15, 0.2) is 48.5 Å². The van der Waals surface area contributed by atoms with Crippen molar-refractivity contribution in [3.8, 4) is 0 Å². The highest BCUT2D eigenvalue weighted by atomic mass is 19.1. The van der Waals surface area contributed by atoms with Gasteiger partial charge in [0, 0.05) is 57.4 Å². The Hall–Kier alpha value is -2.93. The van der Waals surface area contributed by atoms with E-state index in [1.807, 2.05) is 36.4 Å². The number of fused-ring (bicyclic) bond motifs is 1. The summed E-state index contributed by atoms with van der Waals surface area (Å²) in [5.74, 6) is -0.408. The molecule has 0 spiro atoms. The van der Waals surface area contributed by atoms with Crippen LogP contribution in [0, 0.1) is 5.82 Å². The maximum atomic E-state index is 13.1. The minimum absolute atomic E-state index is 0.0903. The highest BCUT2D eigenvalue weighted by Gasteiger charge is 2.36. The predicted octanol–water partition coefficient (Wildman–Crippen LogP) is 2.43. The van der Waals surface area contributed by atoms with Gasteiger partial charge in [0.1, 0.15) is 11.9 Å². The topological polar surface area (TPSA) is 55.9 Å². The maximum absolute atomic E-state index is 13.1. The average Bonchev–Trinajstić information content (AvgIpc) is 3.18. The Kier molecular flexibility index (Phi) is 6.51. The van der Waals surface area contributed by atoms with E-state index < -0.39 is 6.04 Å². The Balaban J connectivity index is 1.20. The van der Waals surface area contributed by atoms with Gasteiger partial charge in [0.25, 0.3) is 0 Å². The fourth-order valence-electron chi connectivity index (χ4n) is 4.50. The summed E-state index contributed by atoms with van der Waals surface area (Å²) in [5, 5.41) is 3.02. The molecule has 0 radical (unpaired) electrons. The first-order valence-corrected chi connectivity index (χ1v) is 10.9. The third kappa shape index (κ3) is 4.88. The molecule has 4 rings (SSSR count). The summed E-state index contributed by atoms with van der Waals surface area (Å²) in [6.45, 7) is 6.73. The lowest BCUT2D eigenvalue weighted by atomic mass is 10.1. The lowest BCUT2D eigenvalue weighted by Gasteiger charge is -2.36. The van der Waals surface area contributed by atoms with Crippen molar-refractivity contribution in [2.24, 2.45) is 0 Å². The van der Waals surface area contributed by atoms with Crippen LogP contribution in [-0.4, -0.2) is 62.0 Å². The molecule has 7 heteroatoms. The van der Waals surface area contributed by atoms with Gasteiger partial charge in [-0.25, -0.2) is 4.39 Å². The van der Waals surface area contributed by atoms with E-state index in [1.165, 1.54) is 19.1 Å². The molecule has 6 nitrogen and oxygen atoms in total. The van der Waals surface area contributed by atoms with Crippen LogP contribution in [0.5, 0.6) is 0 Å². The summed E-state index contributed by atoms with van der Waals surface area (Å²) < 4.78 is 13.1. The molecule has 2 amide bonds. The molecule has 0 unspecified atom stereocenters. The molecule has 0 saturated carbocycles. The second kappa shape index (κ2) is 9.47. The zero-order valence-electron chi connectivity index (χ0n) is 17.9. The third-order valence-electron chi connectivity index (χ3n) is 6.13. The van der Waals surface area contributed by atoms with Gasteiger partial charge in [-0.05, 0) is 48.9 Å². The molecule has 0 aliphatic carbocycles. The van der Waals surface area contributed by atoms with Gasteiger partial charge in [0.15, 0.2) is 0 Å². The molecule has 2 heterocycles. The molecule has 2 aromatic rings. The van der Waals surface area contributed by atoms with Gasteiger partial charge in [0.05, 0.1) is 0 Å². The van der Waals surface area contributed by atoms with Crippen LogP contribution in [0.25, 0.3) is 0 Å². The number of rotatable bonds is 6. The molecule has 1 atom stereocenters.